The lowest BCUT2D eigenvalue weighted by molar-refractivity contribution is 0.419. The molecule has 0 unspecified atom stereocenters. The Bertz CT molecular complexity index is 555. The van der Waals surface area contributed by atoms with E-state index >= 15 is 0 Å². The van der Waals surface area contributed by atoms with E-state index in [-0.39, 0.29) is 11.1 Å². The summed E-state index contributed by atoms with van der Waals surface area (Å²) in [5, 5.41) is 3.81. The van der Waals surface area contributed by atoms with E-state index in [0.717, 1.165) is 25.7 Å². The number of hydrogen-bond donors (Lipinski definition) is 2. The first-order valence-corrected chi connectivity index (χ1v) is 10.1. The molecule has 1 aromatic rings. The first kappa shape index (κ1) is 16.6. The first-order valence-electron chi connectivity index (χ1n) is 7.31. The molecule has 1 fully saturated rings. The number of sulfonamides is 1. The molecule has 1 saturated carbocycles. The van der Waals surface area contributed by atoms with Gasteiger partial charge in [-0.15, -0.1) is 0 Å². The normalized spacial score (nSPS) is 23.0. The molecule has 1 heterocycles. The zero-order chi connectivity index (χ0) is 15.3. The third-order valence-electron chi connectivity index (χ3n) is 3.72. The lowest BCUT2D eigenvalue weighted by atomic mass is 9.96. The largest absolute Gasteiger partial charge is 0.383 e. The molecule has 2 rings (SSSR count). The molecule has 0 amide bonds. The van der Waals surface area contributed by atoms with Gasteiger partial charge in [0, 0.05) is 24.0 Å². The molecule has 7 heteroatoms. The zero-order valence-corrected chi connectivity index (χ0v) is 14.1. The first-order chi connectivity index (χ1) is 10.1. The molecule has 5 nitrogen and oxygen atoms in total. The fourth-order valence-electron chi connectivity index (χ4n) is 2.62. The van der Waals surface area contributed by atoms with Crippen LogP contribution in [0.3, 0.4) is 0 Å². The summed E-state index contributed by atoms with van der Waals surface area (Å²) in [7, 11) is -3.57. The molecule has 21 heavy (non-hydrogen) atoms. The third kappa shape index (κ3) is 4.34. The summed E-state index contributed by atoms with van der Waals surface area (Å²) in [6.45, 7) is 2.59. The molecule has 0 atom stereocenters. The average Bonchev–Trinajstić information content (AvgIpc) is 2.48. The molecule has 1 aromatic heterocycles. The molecule has 0 aromatic carbocycles. The number of pyridine rings is 1. The predicted molar refractivity (Wildman–Crippen MR) is 88.3 cm³/mol. The molecule has 0 aliphatic heterocycles. The predicted octanol–water partition coefficient (Wildman–Crippen LogP) is 2.47. The van der Waals surface area contributed by atoms with Gasteiger partial charge < -0.3 is 5.32 Å². The van der Waals surface area contributed by atoms with Gasteiger partial charge in [-0.2, -0.15) is 11.8 Å². The van der Waals surface area contributed by atoms with Gasteiger partial charge >= 0.3 is 0 Å². The summed E-state index contributed by atoms with van der Waals surface area (Å²) in [4.78, 5) is 4.05. The van der Waals surface area contributed by atoms with Crippen molar-refractivity contribution in [2.45, 2.75) is 48.9 Å². The van der Waals surface area contributed by atoms with Gasteiger partial charge in [-0.1, -0.05) is 0 Å². The van der Waals surface area contributed by atoms with Crippen LogP contribution in [0.1, 0.15) is 32.6 Å². The number of rotatable bonds is 6. The van der Waals surface area contributed by atoms with Crippen LogP contribution in [0.4, 0.5) is 5.69 Å². The molecule has 0 radical (unpaired) electrons. The van der Waals surface area contributed by atoms with Crippen LogP contribution in [-0.2, 0) is 10.0 Å². The van der Waals surface area contributed by atoms with Gasteiger partial charge in [0.1, 0.15) is 0 Å². The topological polar surface area (TPSA) is 71.1 Å². The molecular formula is C14H23N3O2S2. The molecular weight excluding hydrogens is 306 g/mol. The van der Waals surface area contributed by atoms with E-state index in [0.29, 0.717) is 17.5 Å². The average molecular weight is 329 g/mol. The number of nitrogens with zero attached hydrogens (tertiary/aromatic N) is 1. The highest BCUT2D eigenvalue weighted by Gasteiger charge is 2.27. The highest BCUT2D eigenvalue weighted by atomic mass is 32.2. The summed E-state index contributed by atoms with van der Waals surface area (Å²) in [6, 6.07) is 3.51. The van der Waals surface area contributed by atoms with E-state index < -0.39 is 10.0 Å². The van der Waals surface area contributed by atoms with Crippen LogP contribution in [0.25, 0.3) is 0 Å². The van der Waals surface area contributed by atoms with Crippen molar-refractivity contribution in [1.82, 2.24) is 9.71 Å². The van der Waals surface area contributed by atoms with E-state index in [1.54, 1.807) is 12.1 Å². The lowest BCUT2D eigenvalue weighted by Crippen LogP contribution is -2.38. The number of nitrogens with one attached hydrogen (secondary N) is 2. The van der Waals surface area contributed by atoms with Crippen molar-refractivity contribution in [2.24, 2.45) is 0 Å². The second kappa shape index (κ2) is 7.47. The number of hydrogen-bond acceptors (Lipinski definition) is 5. The van der Waals surface area contributed by atoms with Crippen molar-refractivity contribution >= 4 is 27.5 Å². The second-order valence-corrected chi connectivity index (χ2v) is 7.98. The third-order valence-corrected chi connectivity index (χ3v) is 6.34. The number of anilines is 1. The molecule has 2 N–H and O–H groups in total. The van der Waals surface area contributed by atoms with E-state index in [9.17, 15) is 8.42 Å². The van der Waals surface area contributed by atoms with Crippen LogP contribution < -0.4 is 10.0 Å². The molecule has 1 aliphatic rings. The van der Waals surface area contributed by atoms with Gasteiger partial charge in [-0.3, -0.25) is 0 Å². The SMILES string of the molecule is CCNc1cccnc1S(=O)(=O)NC1CCC(SC)CC1. The Kier molecular flexibility index (Phi) is 5.89. The Hall–Kier alpha value is -0.790. The maximum atomic E-state index is 12.5. The minimum Gasteiger partial charge on any atom is -0.383 e. The lowest BCUT2D eigenvalue weighted by Gasteiger charge is -2.27. The van der Waals surface area contributed by atoms with Gasteiger partial charge in [-0.05, 0) is 51.0 Å². The number of thioether (sulfide) groups is 1. The van der Waals surface area contributed by atoms with E-state index in [2.05, 4.69) is 21.3 Å². The van der Waals surface area contributed by atoms with Crippen molar-refractivity contribution in [1.29, 1.82) is 0 Å². The zero-order valence-electron chi connectivity index (χ0n) is 12.5. The quantitative estimate of drug-likeness (QED) is 0.839. The maximum Gasteiger partial charge on any atom is 0.260 e. The van der Waals surface area contributed by atoms with Crippen molar-refractivity contribution in [3.05, 3.63) is 18.3 Å². The molecule has 1 aliphatic carbocycles. The Labute approximate surface area is 131 Å². The Morgan fingerprint density at radius 3 is 2.67 bits per heavy atom. The van der Waals surface area contributed by atoms with Crippen molar-refractivity contribution in [3.8, 4) is 0 Å². The van der Waals surface area contributed by atoms with Gasteiger partial charge in [-0.25, -0.2) is 18.1 Å². The van der Waals surface area contributed by atoms with Crippen LogP contribution in [0.2, 0.25) is 0 Å². The smallest absolute Gasteiger partial charge is 0.260 e. The highest BCUT2D eigenvalue weighted by molar-refractivity contribution is 7.99. The molecule has 118 valence electrons. The Balaban J connectivity index is 2.09. The Morgan fingerprint density at radius 2 is 2.05 bits per heavy atom. The Morgan fingerprint density at radius 1 is 1.33 bits per heavy atom. The summed E-state index contributed by atoms with van der Waals surface area (Å²) >= 11 is 1.87. The maximum absolute atomic E-state index is 12.5. The summed E-state index contributed by atoms with van der Waals surface area (Å²) in [5.41, 5.74) is 0.560. The van der Waals surface area contributed by atoms with Crippen LogP contribution in [0, 0.1) is 0 Å². The van der Waals surface area contributed by atoms with Crippen LogP contribution in [0.5, 0.6) is 0 Å². The summed E-state index contributed by atoms with van der Waals surface area (Å²) in [6.07, 6.45) is 7.56. The second-order valence-electron chi connectivity index (χ2n) is 5.22. The number of aromatic nitrogens is 1. The monoisotopic (exact) mass is 329 g/mol. The van der Waals surface area contributed by atoms with Crippen molar-refractivity contribution in [2.75, 3.05) is 18.1 Å². The van der Waals surface area contributed by atoms with Gasteiger partial charge in [0.05, 0.1) is 5.69 Å². The summed E-state index contributed by atoms with van der Waals surface area (Å²) in [5.74, 6) is 0. The minimum absolute atomic E-state index is 0.0230. The van der Waals surface area contributed by atoms with Crippen LogP contribution in [0.15, 0.2) is 23.4 Å². The van der Waals surface area contributed by atoms with E-state index in [1.165, 1.54) is 6.20 Å². The minimum atomic E-state index is -3.57. The fourth-order valence-corrected chi connectivity index (χ4v) is 4.78. The molecule has 0 bridgehead atoms. The van der Waals surface area contributed by atoms with Crippen LogP contribution >= 0.6 is 11.8 Å². The fraction of sp³-hybridized carbons (Fsp3) is 0.643. The highest BCUT2D eigenvalue weighted by Crippen LogP contribution is 2.28. The molecule has 0 saturated heterocycles. The molecule has 0 spiro atoms. The van der Waals surface area contributed by atoms with E-state index in [1.807, 2.05) is 18.7 Å². The van der Waals surface area contributed by atoms with Gasteiger partial charge in [0.25, 0.3) is 10.0 Å². The van der Waals surface area contributed by atoms with Gasteiger partial charge in [0.15, 0.2) is 5.03 Å². The summed E-state index contributed by atoms with van der Waals surface area (Å²) < 4.78 is 27.9. The van der Waals surface area contributed by atoms with Gasteiger partial charge in [0.2, 0.25) is 0 Å². The van der Waals surface area contributed by atoms with Crippen molar-refractivity contribution < 1.29 is 8.42 Å². The standard InChI is InChI=1S/C14H23N3O2S2/c1-3-15-13-5-4-10-16-14(13)21(18,19)17-11-6-8-12(20-2)9-7-11/h4-5,10-12,15,17H,3,6-9H2,1-2H3. The van der Waals surface area contributed by atoms with Crippen LogP contribution in [-0.4, -0.2) is 37.5 Å². The van der Waals surface area contributed by atoms with E-state index in [4.69, 9.17) is 0 Å². The van der Waals surface area contributed by atoms with Crippen molar-refractivity contribution in [3.63, 3.8) is 0 Å².